The second-order valence-corrected chi connectivity index (χ2v) is 6.70. The predicted octanol–water partition coefficient (Wildman–Crippen LogP) is 3.74. The van der Waals surface area contributed by atoms with Crippen LogP contribution in [0.5, 0.6) is 0 Å². The van der Waals surface area contributed by atoms with Crippen LogP contribution in [-0.2, 0) is 9.59 Å². The third-order valence-corrected chi connectivity index (χ3v) is 4.88. The average Bonchev–Trinajstić information content (AvgIpc) is 3.09. The van der Waals surface area contributed by atoms with E-state index in [1.165, 1.54) is 18.2 Å². The Balaban J connectivity index is 1.54. The molecule has 0 unspecified atom stereocenters. The lowest BCUT2D eigenvalue weighted by Crippen LogP contribution is -2.28. The van der Waals surface area contributed by atoms with Gasteiger partial charge in [0.2, 0.25) is 11.8 Å². The molecule has 3 aromatic carbocycles. The molecule has 0 bridgehead atoms. The van der Waals surface area contributed by atoms with Gasteiger partial charge in [-0.25, -0.2) is 0 Å². The molecule has 7 nitrogen and oxygen atoms in total. The first-order chi connectivity index (χ1) is 13.5. The Hall–Kier alpha value is -3.74. The van der Waals surface area contributed by atoms with Crippen molar-refractivity contribution >= 4 is 39.6 Å². The predicted molar refractivity (Wildman–Crippen MR) is 106 cm³/mol. The number of non-ortho nitro benzene ring substituents is 1. The molecule has 0 spiro atoms. The first-order valence-electron chi connectivity index (χ1n) is 8.86. The highest BCUT2D eigenvalue weighted by Gasteiger charge is 2.35. The molecule has 28 heavy (non-hydrogen) atoms. The minimum Gasteiger partial charge on any atom is -0.326 e. The smallest absolute Gasteiger partial charge is 0.271 e. The summed E-state index contributed by atoms with van der Waals surface area (Å²) in [6.07, 6.45) is 0.101. The van der Waals surface area contributed by atoms with Crippen LogP contribution in [0, 0.1) is 16.0 Å². The molecule has 0 saturated carbocycles. The molecular formula is C21H17N3O4. The monoisotopic (exact) mass is 375 g/mol. The molecule has 2 amide bonds. The molecule has 1 heterocycles. The summed E-state index contributed by atoms with van der Waals surface area (Å²) in [6.45, 7) is 0.271. The SMILES string of the molecule is O=C(Nc1cccc([N+](=O)[O-])c1)[C@H]1CC(=O)N(c2cccc3ccccc23)C1. The molecule has 1 saturated heterocycles. The number of benzene rings is 3. The number of nitro benzene ring substituents is 1. The Labute approximate surface area is 160 Å². The normalized spacial score (nSPS) is 16.4. The maximum atomic E-state index is 12.6. The van der Waals surface area contributed by atoms with Crippen molar-refractivity contribution in [1.29, 1.82) is 0 Å². The van der Waals surface area contributed by atoms with Crippen molar-refractivity contribution in [3.8, 4) is 0 Å². The minimum absolute atomic E-state index is 0.0994. The fourth-order valence-electron chi connectivity index (χ4n) is 3.50. The summed E-state index contributed by atoms with van der Waals surface area (Å²) in [7, 11) is 0. The average molecular weight is 375 g/mol. The van der Waals surface area contributed by atoms with Gasteiger partial charge in [-0.3, -0.25) is 19.7 Å². The highest BCUT2D eigenvalue weighted by atomic mass is 16.6. The molecule has 3 aromatic rings. The zero-order valence-corrected chi connectivity index (χ0v) is 14.9. The Morgan fingerprint density at radius 1 is 1.07 bits per heavy atom. The molecule has 0 radical (unpaired) electrons. The van der Waals surface area contributed by atoms with Gasteiger partial charge in [0, 0.05) is 36.2 Å². The molecule has 7 heteroatoms. The third kappa shape index (κ3) is 3.29. The number of hydrogen-bond donors (Lipinski definition) is 1. The van der Waals surface area contributed by atoms with E-state index < -0.39 is 10.8 Å². The van der Waals surface area contributed by atoms with Gasteiger partial charge in [0.25, 0.3) is 5.69 Å². The van der Waals surface area contributed by atoms with Crippen LogP contribution in [-0.4, -0.2) is 23.3 Å². The number of amides is 2. The van der Waals surface area contributed by atoms with Gasteiger partial charge >= 0.3 is 0 Å². The Bertz CT molecular complexity index is 1090. The molecule has 1 atom stereocenters. The van der Waals surface area contributed by atoms with E-state index in [1.807, 2.05) is 42.5 Å². The fourth-order valence-corrected chi connectivity index (χ4v) is 3.50. The van der Waals surface area contributed by atoms with E-state index in [4.69, 9.17) is 0 Å². The number of nitrogens with one attached hydrogen (secondary N) is 1. The van der Waals surface area contributed by atoms with E-state index in [0.717, 1.165) is 16.5 Å². The Kier molecular flexibility index (Phi) is 4.49. The highest BCUT2D eigenvalue weighted by molar-refractivity contribution is 6.08. The molecule has 1 aliphatic heterocycles. The van der Waals surface area contributed by atoms with Crippen molar-refractivity contribution in [2.75, 3.05) is 16.8 Å². The first-order valence-corrected chi connectivity index (χ1v) is 8.86. The number of carbonyl (C=O) groups excluding carboxylic acids is 2. The van der Waals surface area contributed by atoms with Crippen LogP contribution in [0.3, 0.4) is 0 Å². The van der Waals surface area contributed by atoms with E-state index >= 15 is 0 Å². The van der Waals surface area contributed by atoms with Crippen LogP contribution in [0.1, 0.15) is 6.42 Å². The van der Waals surface area contributed by atoms with Crippen molar-refractivity contribution in [2.24, 2.45) is 5.92 Å². The van der Waals surface area contributed by atoms with Crippen molar-refractivity contribution in [1.82, 2.24) is 0 Å². The maximum Gasteiger partial charge on any atom is 0.271 e. The van der Waals surface area contributed by atoms with Crippen LogP contribution < -0.4 is 10.2 Å². The van der Waals surface area contributed by atoms with Gasteiger partial charge in [-0.15, -0.1) is 0 Å². The van der Waals surface area contributed by atoms with Gasteiger partial charge in [-0.2, -0.15) is 0 Å². The molecule has 0 aromatic heterocycles. The van der Waals surface area contributed by atoms with Gasteiger partial charge in [0.05, 0.1) is 16.5 Å². The summed E-state index contributed by atoms with van der Waals surface area (Å²) in [5, 5.41) is 15.6. The molecule has 1 aliphatic rings. The number of nitro groups is 1. The first kappa shape index (κ1) is 17.7. The molecule has 4 rings (SSSR count). The number of anilines is 2. The molecule has 1 fully saturated rings. The Morgan fingerprint density at radius 3 is 2.64 bits per heavy atom. The lowest BCUT2D eigenvalue weighted by Gasteiger charge is -2.19. The standard InChI is InChI=1S/C21H17N3O4/c25-20-11-15(21(26)22-16-7-4-8-17(12-16)24(27)28)13-23(20)19-10-3-6-14-5-1-2-9-18(14)19/h1-10,12,15H,11,13H2,(H,22,26)/t15-/m0/s1. The van der Waals surface area contributed by atoms with Crippen LogP contribution >= 0.6 is 0 Å². The topological polar surface area (TPSA) is 92.5 Å². The third-order valence-electron chi connectivity index (χ3n) is 4.88. The second kappa shape index (κ2) is 7.11. The summed E-state index contributed by atoms with van der Waals surface area (Å²) in [5.41, 5.74) is 1.03. The van der Waals surface area contributed by atoms with Gasteiger partial charge in [0.1, 0.15) is 0 Å². The number of nitrogens with zero attached hydrogens (tertiary/aromatic N) is 2. The van der Waals surface area contributed by atoms with Crippen LogP contribution in [0.4, 0.5) is 17.1 Å². The van der Waals surface area contributed by atoms with E-state index in [2.05, 4.69) is 5.32 Å². The number of hydrogen-bond acceptors (Lipinski definition) is 4. The summed E-state index contributed by atoms with van der Waals surface area (Å²) in [5.74, 6) is -0.960. The fraction of sp³-hybridized carbons (Fsp3) is 0.143. The summed E-state index contributed by atoms with van der Waals surface area (Å²) in [4.78, 5) is 37.2. The van der Waals surface area contributed by atoms with E-state index in [1.54, 1.807) is 11.0 Å². The lowest BCUT2D eigenvalue weighted by atomic mass is 10.1. The largest absolute Gasteiger partial charge is 0.326 e. The maximum absolute atomic E-state index is 12.6. The zero-order valence-electron chi connectivity index (χ0n) is 14.9. The number of fused-ring (bicyclic) bond motifs is 1. The molecular weight excluding hydrogens is 358 g/mol. The molecule has 0 aliphatic carbocycles. The zero-order chi connectivity index (χ0) is 19.7. The van der Waals surface area contributed by atoms with Crippen LogP contribution in [0.2, 0.25) is 0 Å². The van der Waals surface area contributed by atoms with Crippen LogP contribution in [0.25, 0.3) is 10.8 Å². The second-order valence-electron chi connectivity index (χ2n) is 6.70. The number of rotatable bonds is 4. The van der Waals surface area contributed by atoms with E-state index in [9.17, 15) is 19.7 Å². The Morgan fingerprint density at radius 2 is 1.82 bits per heavy atom. The van der Waals surface area contributed by atoms with Crippen molar-refractivity contribution in [3.05, 3.63) is 76.8 Å². The van der Waals surface area contributed by atoms with E-state index in [0.29, 0.717) is 5.69 Å². The molecule has 1 N–H and O–H groups in total. The van der Waals surface area contributed by atoms with Crippen LogP contribution in [0.15, 0.2) is 66.7 Å². The van der Waals surface area contributed by atoms with E-state index in [-0.39, 0.29) is 30.5 Å². The summed E-state index contributed by atoms with van der Waals surface area (Å²) >= 11 is 0. The quantitative estimate of drug-likeness (QED) is 0.555. The van der Waals surface area contributed by atoms with Gasteiger partial charge in [-0.1, -0.05) is 42.5 Å². The molecule has 140 valence electrons. The number of carbonyl (C=O) groups is 2. The van der Waals surface area contributed by atoms with Crippen molar-refractivity contribution < 1.29 is 14.5 Å². The van der Waals surface area contributed by atoms with Gasteiger partial charge < -0.3 is 10.2 Å². The van der Waals surface area contributed by atoms with Crippen molar-refractivity contribution in [3.63, 3.8) is 0 Å². The highest BCUT2D eigenvalue weighted by Crippen LogP contribution is 2.32. The lowest BCUT2D eigenvalue weighted by molar-refractivity contribution is -0.384. The minimum atomic E-state index is -0.522. The van der Waals surface area contributed by atoms with Gasteiger partial charge in [0.15, 0.2) is 0 Å². The van der Waals surface area contributed by atoms with Crippen molar-refractivity contribution in [2.45, 2.75) is 6.42 Å². The van der Waals surface area contributed by atoms with Gasteiger partial charge in [-0.05, 0) is 17.5 Å². The summed E-state index contributed by atoms with van der Waals surface area (Å²) < 4.78 is 0. The summed E-state index contributed by atoms with van der Waals surface area (Å²) in [6, 6.07) is 19.3.